The first-order chi connectivity index (χ1) is 12.2. The third-order valence-electron chi connectivity index (χ3n) is 5.67. The normalized spacial score (nSPS) is 23.6. The largest absolute Gasteiger partial charge is 0.465 e. The second-order valence-corrected chi connectivity index (χ2v) is 7.18. The molecule has 0 saturated carbocycles. The summed E-state index contributed by atoms with van der Waals surface area (Å²) in [4.78, 5) is 14.4. The fraction of sp³-hybridized carbons (Fsp3) is 0.381. The van der Waals surface area contributed by atoms with E-state index in [9.17, 15) is 4.79 Å². The summed E-state index contributed by atoms with van der Waals surface area (Å²) in [5.74, 6) is -0.298. The smallest absolute Gasteiger partial charge is 0.337 e. The highest BCUT2D eigenvalue weighted by Crippen LogP contribution is 2.54. The molecule has 2 aromatic carbocycles. The molecule has 0 spiro atoms. The van der Waals surface area contributed by atoms with Gasteiger partial charge in [0.05, 0.1) is 12.7 Å². The lowest BCUT2D eigenvalue weighted by atomic mass is 9.84. The number of likely N-dealkylation sites (tertiary alicyclic amines) is 1. The van der Waals surface area contributed by atoms with Gasteiger partial charge in [0.1, 0.15) is 12.2 Å². The Bertz CT molecular complexity index is 854. The van der Waals surface area contributed by atoms with Gasteiger partial charge in [-0.3, -0.25) is 4.90 Å². The summed E-state index contributed by atoms with van der Waals surface area (Å²) in [5.41, 5.74) is 6.76. The standard InChI is InChI=1S/C21H21NO3/c1-24-21(23)14-5-7-16-18(11-14)20-17-10-13(12-22-8-2-3-9-22)4-6-15(17)19(16)25-20/h4-7,10-11,19-20H,2-3,8-9,12H2,1H3. The minimum atomic E-state index is -0.298. The van der Waals surface area contributed by atoms with Crippen molar-refractivity contribution in [2.24, 2.45) is 0 Å². The van der Waals surface area contributed by atoms with Gasteiger partial charge in [-0.2, -0.15) is 0 Å². The minimum Gasteiger partial charge on any atom is -0.465 e. The van der Waals surface area contributed by atoms with E-state index in [-0.39, 0.29) is 18.2 Å². The van der Waals surface area contributed by atoms with Crippen LogP contribution in [-0.4, -0.2) is 31.1 Å². The van der Waals surface area contributed by atoms with Crippen molar-refractivity contribution >= 4 is 5.97 Å². The molecule has 2 atom stereocenters. The summed E-state index contributed by atoms with van der Waals surface area (Å²) >= 11 is 0. The number of hydrogen-bond donors (Lipinski definition) is 0. The van der Waals surface area contributed by atoms with Crippen LogP contribution in [0.3, 0.4) is 0 Å². The van der Waals surface area contributed by atoms with Gasteiger partial charge in [0, 0.05) is 6.54 Å². The van der Waals surface area contributed by atoms with Crippen molar-refractivity contribution in [3.05, 3.63) is 69.8 Å². The molecule has 0 amide bonds. The second-order valence-electron chi connectivity index (χ2n) is 7.18. The molecule has 1 saturated heterocycles. The number of benzene rings is 2. The average Bonchev–Trinajstić information content (AvgIpc) is 3.36. The first kappa shape index (κ1) is 15.1. The molecule has 25 heavy (non-hydrogen) atoms. The highest BCUT2D eigenvalue weighted by Gasteiger charge is 2.43. The zero-order chi connectivity index (χ0) is 17.0. The van der Waals surface area contributed by atoms with E-state index in [1.165, 1.54) is 55.3 Å². The predicted octanol–water partition coefficient (Wildman–Crippen LogP) is 3.59. The van der Waals surface area contributed by atoms with Crippen LogP contribution in [0.2, 0.25) is 0 Å². The molecule has 4 heteroatoms. The van der Waals surface area contributed by atoms with Gasteiger partial charge in [-0.1, -0.05) is 24.3 Å². The maximum atomic E-state index is 11.8. The zero-order valence-electron chi connectivity index (χ0n) is 14.3. The zero-order valence-corrected chi connectivity index (χ0v) is 14.3. The van der Waals surface area contributed by atoms with Crippen LogP contribution in [0.25, 0.3) is 0 Å². The third-order valence-corrected chi connectivity index (χ3v) is 5.67. The van der Waals surface area contributed by atoms with Crippen LogP contribution in [-0.2, 0) is 16.0 Å². The quantitative estimate of drug-likeness (QED) is 0.804. The Morgan fingerprint density at radius 2 is 1.72 bits per heavy atom. The summed E-state index contributed by atoms with van der Waals surface area (Å²) < 4.78 is 11.1. The van der Waals surface area contributed by atoms with Crippen molar-refractivity contribution in [2.75, 3.05) is 20.2 Å². The van der Waals surface area contributed by atoms with E-state index < -0.39 is 0 Å². The lowest BCUT2D eigenvalue weighted by Crippen LogP contribution is -2.18. The Labute approximate surface area is 147 Å². The first-order valence-electron chi connectivity index (χ1n) is 8.97. The molecule has 3 aliphatic rings. The van der Waals surface area contributed by atoms with Gasteiger partial charge >= 0.3 is 5.97 Å². The number of hydrogen-bond acceptors (Lipinski definition) is 4. The molecule has 0 radical (unpaired) electrons. The Morgan fingerprint density at radius 1 is 1.04 bits per heavy atom. The molecular weight excluding hydrogens is 314 g/mol. The SMILES string of the molecule is COC(=O)c1ccc2c(c1)C1OC2c2ccc(CN3CCCC3)cc21. The Hall–Kier alpha value is -2.17. The van der Waals surface area contributed by atoms with Crippen molar-refractivity contribution in [3.63, 3.8) is 0 Å². The molecule has 3 heterocycles. The van der Waals surface area contributed by atoms with E-state index in [0.29, 0.717) is 5.56 Å². The van der Waals surface area contributed by atoms with Crippen molar-refractivity contribution in [3.8, 4) is 0 Å². The van der Waals surface area contributed by atoms with Crippen LogP contribution in [0.4, 0.5) is 0 Å². The molecule has 2 bridgehead atoms. The molecular formula is C21H21NO3. The number of fused-ring (bicyclic) bond motifs is 8. The monoisotopic (exact) mass is 335 g/mol. The Morgan fingerprint density at radius 3 is 2.48 bits per heavy atom. The van der Waals surface area contributed by atoms with Gasteiger partial charge in [0.15, 0.2) is 0 Å². The summed E-state index contributed by atoms with van der Waals surface area (Å²) in [5, 5.41) is 0. The van der Waals surface area contributed by atoms with Crippen molar-refractivity contribution in [1.29, 1.82) is 0 Å². The molecule has 3 aliphatic heterocycles. The Balaban J connectivity index is 1.48. The van der Waals surface area contributed by atoms with Crippen LogP contribution >= 0.6 is 0 Å². The van der Waals surface area contributed by atoms with E-state index in [2.05, 4.69) is 23.1 Å². The highest BCUT2D eigenvalue weighted by atomic mass is 16.5. The topological polar surface area (TPSA) is 38.8 Å². The van der Waals surface area contributed by atoms with Crippen LogP contribution < -0.4 is 0 Å². The first-order valence-corrected chi connectivity index (χ1v) is 8.97. The molecule has 128 valence electrons. The minimum absolute atomic E-state index is 0.00235. The highest BCUT2D eigenvalue weighted by molar-refractivity contribution is 5.90. The van der Waals surface area contributed by atoms with Gasteiger partial charge in [0.25, 0.3) is 0 Å². The summed E-state index contributed by atoms with van der Waals surface area (Å²) in [6, 6.07) is 12.5. The second kappa shape index (κ2) is 5.68. The van der Waals surface area contributed by atoms with Crippen LogP contribution in [0.15, 0.2) is 36.4 Å². The van der Waals surface area contributed by atoms with Crippen molar-refractivity contribution in [1.82, 2.24) is 4.90 Å². The number of ether oxygens (including phenoxy) is 2. The lowest BCUT2D eigenvalue weighted by Gasteiger charge is -2.19. The van der Waals surface area contributed by atoms with E-state index in [4.69, 9.17) is 9.47 Å². The molecule has 0 aromatic heterocycles. The molecule has 2 unspecified atom stereocenters. The molecule has 4 nitrogen and oxygen atoms in total. The van der Waals surface area contributed by atoms with Gasteiger partial charge < -0.3 is 9.47 Å². The lowest BCUT2D eigenvalue weighted by molar-refractivity contribution is 0.0600. The summed E-state index contributed by atoms with van der Waals surface area (Å²) in [6.45, 7) is 3.41. The number of rotatable bonds is 3. The van der Waals surface area contributed by atoms with Crippen LogP contribution in [0.5, 0.6) is 0 Å². The number of methoxy groups -OCH3 is 1. The fourth-order valence-corrected chi connectivity index (χ4v) is 4.44. The van der Waals surface area contributed by atoms with E-state index in [0.717, 1.165) is 12.1 Å². The van der Waals surface area contributed by atoms with Crippen molar-refractivity contribution < 1.29 is 14.3 Å². The van der Waals surface area contributed by atoms with E-state index in [1.807, 2.05) is 18.2 Å². The van der Waals surface area contributed by atoms with E-state index >= 15 is 0 Å². The molecule has 1 fully saturated rings. The molecule has 5 rings (SSSR count). The fourth-order valence-electron chi connectivity index (χ4n) is 4.44. The predicted molar refractivity (Wildman–Crippen MR) is 93.5 cm³/mol. The molecule has 2 aromatic rings. The third kappa shape index (κ3) is 2.32. The number of esters is 1. The summed E-state index contributed by atoms with van der Waals surface area (Å²) in [6.07, 6.45) is 2.56. The maximum Gasteiger partial charge on any atom is 0.337 e. The van der Waals surface area contributed by atoms with E-state index in [1.54, 1.807) is 0 Å². The molecule has 0 aliphatic carbocycles. The maximum absolute atomic E-state index is 11.8. The van der Waals surface area contributed by atoms with Gasteiger partial charge in [0.2, 0.25) is 0 Å². The average molecular weight is 335 g/mol. The van der Waals surface area contributed by atoms with Gasteiger partial charge in [-0.25, -0.2) is 4.79 Å². The summed E-state index contributed by atoms with van der Waals surface area (Å²) in [7, 11) is 1.41. The molecule has 0 N–H and O–H groups in total. The Kier molecular flexibility index (Phi) is 3.43. The van der Waals surface area contributed by atoms with Crippen molar-refractivity contribution in [2.45, 2.75) is 31.6 Å². The van der Waals surface area contributed by atoms with Gasteiger partial charge in [-0.05, 0) is 65.9 Å². The number of nitrogens with zero attached hydrogens (tertiary/aromatic N) is 1. The van der Waals surface area contributed by atoms with Crippen LogP contribution in [0, 0.1) is 0 Å². The number of carbonyl (C=O) groups is 1. The van der Waals surface area contributed by atoms with Crippen LogP contribution in [0.1, 0.15) is 63.2 Å². The van der Waals surface area contributed by atoms with Gasteiger partial charge in [-0.15, -0.1) is 0 Å². The number of carbonyl (C=O) groups excluding carboxylic acids is 1.